The maximum atomic E-state index is 13.2. The fourth-order valence-corrected chi connectivity index (χ4v) is 4.70. The molecule has 4 aromatic rings. The van der Waals surface area contributed by atoms with Gasteiger partial charge in [0.15, 0.2) is 11.5 Å². The summed E-state index contributed by atoms with van der Waals surface area (Å²) < 4.78 is 16.8. The second kappa shape index (κ2) is 12.5. The fraction of sp³-hybridized carbons (Fsp3) is 0.273. The number of hydrogen-bond acceptors (Lipinski definition) is 7. The minimum Gasteiger partial charge on any atom is -0.486 e. The number of hydrogen-bond donors (Lipinski definition) is 3. The molecule has 228 valence electrons. The van der Waals surface area contributed by atoms with Gasteiger partial charge in [-0.1, -0.05) is 6.07 Å². The molecule has 0 unspecified atom stereocenters. The highest BCUT2D eigenvalue weighted by Gasteiger charge is 2.25. The maximum absolute atomic E-state index is 13.2. The van der Waals surface area contributed by atoms with Gasteiger partial charge in [0.25, 0.3) is 11.8 Å². The Balaban J connectivity index is 1.23. The molecule has 2 heterocycles. The molecule has 3 amide bonds. The minimum absolute atomic E-state index is 0.151. The van der Waals surface area contributed by atoms with Gasteiger partial charge in [-0.25, -0.2) is 9.78 Å². The average Bonchev–Trinajstić information content (AvgIpc) is 2.99. The van der Waals surface area contributed by atoms with E-state index in [1.807, 2.05) is 33.8 Å². The number of pyridine rings is 1. The number of aromatic nitrogens is 1. The summed E-state index contributed by atoms with van der Waals surface area (Å²) in [4.78, 5) is 43.4. The van der Waals surface area contributed by atoms with E-state index in [0.29, 0.717) is 58.6 Å². The summed E-state index contributed by atoms with van der Waals surface area (Å²) in [6.45, 7) is 8.57. The molecule has 0 aliphatic carbocycles. The van der Waals surface area contributed by atoms with Crippen LogP contribution in [0.2, 0.25) is 0 Å². The molecule has 11 heteroatoms. The van der Waals surface area contributed by atoms with Crippen LogP contribution in [0.15, 0.2) is 66.7 Å². The molecule has 0 atom stereocenters. The number of nitrogens with zero attached hydrogens (tertiary/aromatic N) is 2. The molecule has 0 saturated heterocycles. The van der Waals surface area contributed by atoms with Crippen molar-refractivity contribution in [3.63, 3.8) is 0 Å². The molecule has 11 nitrogen and oxygen atoms in total. The molecule has 0 fully saturated rings. The standard InChI is InChI=1S/C33H34N4O7/c1-20-5-9-24(34-30(38)23-7-11-27-28(18-23)43-16-15-42-27)19-26(20)36-31(39)22-6-10-25-21(17-22)8-12-29(35-25)44-14-13-37(32(40)41)33(2,3)4/h5-12,17-19H,13-16H2,1-4H3,(H,34,38)(H,36,39)(H,40,41). The summed E-state index contributed by atoms with van der Waals surface area (Å²) >= 11 is 0. The first-order valence-electron chi connectivity index (χ1n) is 14.1. The molecule has 0 spiro atoms. The lowest BCUT2D eigenvalue weighted by Gasteiger charge is -2.32. The first kappa shape index (κ1) is 30.1. The third-order valence-corrected chi connectivity index (χ3v) is 7.08. The number of ether oxygens (including phenoxy) is 3. The molecule has 0 bridgehead atoms. The van der Waals surface area contributed by atoms with Gasteiger partial charge < -0.3 is 34.9 Å². The molecule has 1 aliphatic heterocycles. The van der Waals surface area contributed by atoms with Crippen molar-refractivity contribution in [2.45, 2.75) is 33.2 Å². The van der Waals surface area contributed by atoms with Gasteiger partial charge in [-0.3, -0.25) is 9.59 Å². The molecule has 0 saturated carbocycles. The third-order valence-electron chi connectivity index (χ3n) is 7.08. The molecular formula is C33H34N4O7. The van der Waals surface area contributed by atoms with Gasteiger partial charge in [0, 0.05) is 39.5 Å². The largest absolute Gasteiger partial charge is 0.486 e. The SMILES string of the molecule is Cc1ccc(NC(=O)c2ccc3c(c2)OCCO3)cc1NC(=O)c1ccc2nc(OCCN(C(=O)O)C(C)(C)C)ccc2c1. The summed E-state index contributed by atoms with van der Waals surface area (Å²) in [5.74, 6) is 0.855. The van der Waals surface area contributed by atoms with Crippen LogP contribution >= 0.6 is 0 Å². The summed E-state index contributed by atoms with van der Waals surface area (Å²) in [7, 11) is 0. The number of carboxylic acid groups (broad SMARTS) is 1. The lowest BCUT2D eigenvalue weighted by atomic mass is 10.1. The Morgan fingerprint density at radius 1 is 0.886 bits per heavy atom. The van der Waals surface area contributed by atoms with Crippen molar-refractivity contribution < 1.29 is 33.7 Å². The minimum atomic E-state index is -1.01. The summed E-state index contributed by atoms with van der Waals surface area (Å²) in [6, 6.07) is 18.9. The average molecular weight is 599 g/mol. The molecule has 1 aromatic heterocycles. The van der Waals surface area contributed by atoms with E-state index < -0.39 is 11.6 Å². The van der Waals surface area contributed by atoms with E-state index in [0.717, 1.165) is 10.9 Å². The second-order valence-electron chi connectivity index (χ2n) is 11.3. The van der Waals surface area contributed by atoms with Crippen molar-refractivity contribution in [3.05, 3.63) is 83.4 Å². The van der Waals surface area contributed by atoms with Crippen molar-refractivity contribution in [2.75, 3.05) is 37.0 Å². The lowest BCUT2D eigenvalue weighted by molar-refractivity contribution is 0.0885. The lowest BCUT2D eigenvalue weighted by Crippen LogP contribution is -2.46. The number of fused-ring (bicyclic) bond motifs is 2. The Bertz CT molecular complexity index is 1730. The fourth-order valence-electron chi connectivity index (χ4n) is 4.70. The van der Waals surface area contributed by atoms with Crippen LogP contribution in [0.4, 0.5) is 16.2 Å². The van der Waals surface area contributed by atoms with E-state index in [1.165, 1.54) is 4.90 Å². The zero-order valence-electron chi connectivity index (χ0n) is 25.0. The number of nitrogens with one attached hydrogen (secondary N) is 2. The Hall–Kier alpha value is -5.32. The predicted octanol–water partition coefficient (Wildman–Crippen LogP) is 5.98. The second-order valence-corrected chi connectivity index (χ2v) is 11.3. The third kappa shape index (κ3) is 7.00. The van der Waals surface area contributed by atoms with Gasteiger partial charge in [-0.2, -0.15) is 0 Å². The van der Waals surface area contributed by atoms with E-state index in [9.17, 15) is 19.5 Å². The van der Waals surface area contributed by atoms with Gasteiger partial charge in [-0.15, -0.1) is 0 Å². The zero-order chi connectivity index (χ0) is 31.4. The van der Waals surface area contributed by atoms with Crippen molar-refractivity contribution >= 4 is 40.2 Å². The summed E-state index contributed by atoms with van der Waals surface area (Å²) in [5.41, 5.74) is 2.84. The van der Waals surface area contributed by atoms with Gasteiger partial charge in [-0.05, 0) is 87.9 Å². The van der Waals surface area contributed by atoms with Crippen molar-refractivity contribution in [3.8, 4) is 17.4 Å². The molecule has 3 N–H and O–H groups in total. The van der Waals surface area contributed by atoms with Crippen LogP contribution < -0.4 is 24.8 Å². The molecule has 5 rings (SSSR count). The molecule has 1 aliphatic rings. The van der Waals surface area contributed by atoms with Crippen LogP contribution in [0, 0.1) is 6.92 Å². The predicted molar refractivity (Wildman–Crippen MR) is 166 cm³/mol. The topological polar surface area (TPSA) is 139 Å². The van der Waals surface area contributed by atoms with Crippen LogP contribution in [-0.4, -0.2) is 64.8 Å². The Morgan fingerprint density at radius 3 is 2.34 bits per heavy atom. The molecule has 3 aromatic carbocycles. The van der Waals surface area contributed by atoms with Crippen LogP contribution in [0.5, 0.6) is 17.4 Å². The highest BCUT2D eigenvalue weighted by Crippen LogP contribution is 2.31. The Morgan fingerprint density at radius 2 is 1.59 bits per heavy atom. The number of amides is 3. The van der Waals surface area contributed by atoms with Crippen LogP contribution in [-0.2, 0) is 0 Å². The van der Waals surface area contributed by atoms with E-state index in [4.69, 9.17) is 14.2 Å². The van der Waals surface area contributed by atoms with E-state index in [-0.39, 0.29) is 25.0 Å². The quantitative estimate of drug-likeness (QED) is 0.225. The number of rotatable bonds is 8. The Kier molecular flexibility index (Phi) is 8.57. The van der Waals surface area contributed by atoms with Gasteiger partial charge in [0.05, 0.1) is 12.1 Å². The number of carbonyl (C=O) groups is 3. The van der Waals surface area contributed by atoms with Crippen molar-refractivity contribution in [2.24, 2.45) is 0 Å². The van der Waals surface area contributed by atoms with Gasteiger partial charge in [0.1, 0.15) is 19.8 Å². The van der Waals surface area contributed by atoms with Gasteiger partial charge in [0.2, 0.25) is 5.88 Å². The zero-order valence-corrected chi connectivity index (χ0v) is 25.0. The first-order chi connectivity index (χ1) is 21.0. The van der Waals surface area contributed by atoms with Gasteiger partial charge >= 0.3 is 6.09 Å². The summed E-state index contributed by atoms with van der Waals surface area (Å²) in [5, 5.41) is 16.0. The van der Waals surface area contributed by atoms with E-state index in [1.54, 1.807) is 60.7 Å². The normalized spacial score (nSPS) is 12.4. The van der Waals surface area contributed by atoms with Crippen molar-refractivity contribution in [1.29, 1.82) is 0 Å². The molecule has 0 radical (unpaired) electrons. The number of benzene rings is 3. The van der Waals surface area contributed by atoms with E-state index in [2.05, 4.69) is 15.6 Å². The van der Waals surface area contributed by atoms with E-state index >= 15 is 0 Å². The first-order valence-corrected chi connectivity index (χ1v) is 14.1. The monoisotopic (exact) mass is 598 g/mol. The number of carbonyl (C=O) groups excluding carboxylic acids is 2. The van der Waals surface area contributed by atoms with Crippen LogP contribution in [0.1, 0.15) is 47.1 Å². The number of aryl methyl sites for hydroxylation is 1. The number of anilines is 2. The smallest absolute Gasteiger partial charge is 0.407 e. The Labute approximate surface area is 254 Å². The van der Waals surface area contributed by atoms with Crippen molar-refractivity contribution in [1.82, 2.24) is 9.88 Å². The highest BCUT2D eigenvalue weighted by molar-refractivity contribution is 6.08. The van der Waals surface area contributed by atoms with Crippen LogP contribution in [0.3, 0.4) is 0 Å². The molecule has 44 heavy (non-hydrogen) atoms. The molecular weight excluding hydrogens is 564 g/mol. The summed E-state index contributed by atoms with van der Waals surface area (Å²) in [6.07, 6.45) is -1.01. The maximum Gasteiger partial charge on any atom is 0.407 e. The van der Waals surface area contributed by atoms with Crippen LogP contribution in [0.25, 0.3) is 10.9 Å². The highest BCUT2D eigenvalue weighted by atomic mass is 16.6.